The van der Waals surface area contributed by atoms with Gasteiger partial charge in [-0.25, -0.2) is 4.90 Å². The molecule has 0 unspecified atom stereocenters. The molecule has 22 heavy (non-hydrogen) atoms. The number of piperidine rings is 1. The molecule has 2 heterocycles. The van der Waals surface area contributed by atoms with E-state index in [1.54, 1.807) is 18.2 Å². The van der Waals surface area contributed by atoms with Gasteiger partial charge < -0.3 is 4.74 Å². The summed E-state index contributed by atoms with van der Waals surface area (Å²) in [5.41, 5.74) is 1.03. The van der Waals surface area contributed by atoms with Gasteiger partial charge in [0.1, 0.15) is 12.4 Å². The molecule has 0 atom stereocenters. The fraction of sp³-hybridized carbons (Fsp3) is 0.235. The Hall–Kier alpha value is -2.69. The fourth-order valence-corrected chi connectivity index (χ4v) is 2.35. The van der Waals surface area contributed by atoms with Gasteiger partial charge in [-0.2, -0.15) is 4.98 Å². The smallest absolute Gasteiger partial charge is 0.234 e. The van der Waals surface area contributed by atoms with E-state index in [-0.39, 0.29) is 11.8 Å². The van der Waals surface area contributed by atoms with E-state index in [1.165, 1.54) is 0 Å². The van der Waals surface area contributed by atoms with E-state index in [1.807, 2.05) is 30.3 Å². The van der Waals surface area contributed by atoms with Crippen molar-refractivity contribution in [3.8, 4) is 5.88 Å². The van der Waals surface area contributed by atoms with Crippen molar-refractivity contribution in [2.24, 2.45) is 0 Å². The van der Waals surface area contributed by atoms with Crippen LogP contribution in [0.25, 0.3) is 0 Å². The van der Waals surface area contributed by atoms with E-state index < -0.39 is 0 Å². The first kappa shape index (κ1) is 14.3. The minimum atomic E-state index is -0.205. The molecule has 1 aromatic carbocycles. The van der Waals surface area contributed by atoms with Gasteiger partial charge in [0.2, 0.25) is 17.7 Å². The number of nitrogens with zero attached hydrogens (tertiary/aromatic N) is 2. The van der Waals surface area contributed by atoms with Gasteiger partial charge >= 0.3 is 0 Å². The Morgan fingerprint density at radius 1 is 0.955 bits per heavy atom. The summed E-state index contributed by atoms with van der Waals surface area (Å²) in [6, 6.07) is 14.8. The number of rotatable bonds is 4. The highest BCUT2D eigenvalue weighted by molar-refractivity contribution is 6.15. The van der Waals surface area contributed by atoms with Gasteiger partial charge in [-0.05, 0) is 18.1 Å². The molecule has 112 valence electrons. The number of hydrogen-bond acceptors (Lipinski definition) is 4. The third-order valence-electron chi connectivity index (χ3n) is 3.45. The molecular formula is C17H16N2O3. The maximum Gasteiger partial charge on any atom is 0.234 e. The van der Waals surface area contributed by atoms with Crippen molar-refractivity contribution >= 4 is 17.6 Å². The quantitative estimate of drug-likeness (QED) is 0.814. The first-order valence-corrected chi connectivity index (χ1v) is 7.23. The van der Waals surface area contributed by atoms with Crippen LogP contribution >= 0.6 is 0 Å². The number of amides is 2. The molecule has 0 N–H and O–H groups in total. The first-order chi connectivity index (χ1) is 10.7. The lowest BCUT2D eigenvalue weighted by atomic mass is 10.1. The molecule has 1 aliphatic rings. The summed E-state index contributed by atoms with van der Waals surface area (Å²) in [6.07, 6.45) is 1.36. The van der Waals surface area contributed by atoms with Gasteiger partial charge in [0.15, 0.2) is 0 Å². The lowest BCUT2D eigenvalue weighted by molar-refractivity contribution is -0.129. The van der Waals surface area contributed by atoms with Crippen LogP contribution in [-0.2, 0) is 16.2 Å². The molecule has 0 aliphatic carbocycles. The highest BCUT2D eigenvalue weighted by atomic mass is 16.5. The highest BCUT2D eigenvalue weighted by Gasteiger charge is 2.28. The minimum absolute atomic E-state index is 0.205. The minimum Gasteiger partial charge on any atom is -0.473 e. The van der Waals surface area contributed by atoms with Crippen molar-refractivity contribution in [3.05, 3.63) is 54.1 Å². The summed E-state index contributed by atoms with van der Waals surface area (Å²) in [5.74, 6) is 0.320. The lowest BCUT2D eigenvalue weighted by Crippen LogP contribution is -2.40. The molecule has 5 heteroatoms. The SMILES string of the molecule is O=C1CCCC(=O)N1c1cccc(OCc2ccccc2)n1. The number of aromatic nitrogens is 1. The Labute approximate surface area is 128 Å². The van der Waals surface area contributed by atoms with E-state index in [2.05, 4.69) is 4.98 Å². The number of ether oxygens (including phenoxy) is 1. The largest absolute Gasteiger partial charge is 0.473 e. The molecule has 0 spiro atoms. The van der Waals surface area contributed by atoms with Crippen molar-refractivity contribution in [2.45, 2.75) is 25.9 Å². The van der Waals surface area contributed by atoms with Gasteiger partial charge in [-0.15, -0.1) is 0 Å². The lowest BCUT2D eigenvalue weighted by Gasteiger charge is -2.24. The van der Waals surface area contributed by atoms with Crippen LogP contribution in [0.1, 0.15) is 24.8 Å². The number of carbonyl (C=O) groups is 2. The fourth-order valence-electron chi connectivity index (χ4n) is 2.35. The van der Waals surface area contributed by atoms with Crippen molar-refractivity contribution in [3.63, 3.8) is 0 Å². The molecule has 2 amide bonds. The molecule has 1 aliphatic heterocycles. The van der Waals surface area contributed by atoms with Crippen molar-refractivity contribution in [1.29, 1.82) is 0 Å². The maximum atomic E-state index is 11.9. The summed E-state index contributed by atoms with van der Waals surface area (Å²) in [5, 5.41) is 0. The van der Waals surface area contributed by atoms with E-state index in [4.69, 9.17) is 4.74 Å². The van der Waals surface area contributed by atoms with Crippen LogP contribution in [0.3, 0.4) is 0 Å². The monoisotopic (exact) mass is 296 g/mol. The van der Waals surface area contributed by atoms with Crippen LogP contribution in [0.4, 0.5) is 5.82 Å². The Kier molecular flexibility index (Phi) is 4.14. The third-order valence-corrected chi connectivity index (χ3v) is 3.45. The van der Waals surface area contributed by atoms with Crippen molar-refractivity contribution < 1.29 is 14.3 Å². The summed E-state index contributed by atoms with van der Waals surface area (Å²) in [4.78, 5) is 29.3. The van der Waals surface area contributed by atoms with Gasteiger partial charge in [0.05, 0.1) is 0 Å². The first-order valence-electron chi connectivity index (χ1n) is 7.23. The number of anilines is 1. The van der Waals surface area contributed by atoms with Gasteiger partial charge in [0.25, 0.3) is 0 Å². The van der Waals surface area contributed by atoms with Crippen LogP contribution in [0.5, 0.6) is 5.88 Å². The second kappa shape index (κ2) is 6.39. The number of pyridine rings is 1. The second-order valence-corrected chi connectivity index (χ2v) is 5.08. The molecule has 2 aromatic rings. The number of benzene rings is 1. The molecular weight excluding hydrogens is 280 g/mol. The van der Waals surface area contributed by atoms with Crippen molar-refractivity contribution in [2.75, 3.05) is 4.90 Å². The standard InChI is InChI=1S/C17H16N2O3/c20-16-10-5-11-17(21)19(16)14-8-4-9-15(18-14)22-12-13-6-2-1-3-7-13/h1-4,6-9H,5,10-12H2. The summed E-state index contributed by atoms with van der Waals surface area (Å²) >= 11 is 0. The van der Waals surface area contributed by atoms with Crippen LogP contribution in [-0.4, -0.2) is 16.8 Å². The molecule has 0 bridgehead atoms. The summed E-state index contributed by atoms with van der Waals surface area (Å²) in [7, 11) is 0. The predicted octanol–water partition coefficient (Wildman–Crippen LogP) is 2.70. The number of carbonyl (C=O) groups excluding carboxylic acids is 2. The normalized spacial score (nSPS) is 15.0. The van der Waals surface area contributed by atoms with Crippen LogP contribution in [0.2, 0.25) is 0 Å². The Morgan fingerprint density at radius 3 is 2.41 bits per heavy atom. The Morgan fingerprint density at radius 2 is 1.68 bits per heavy atom. The van der Waals surface area contributed by atoms with E-state index in [0.717, 1.165) is 10.5 Å². The molecule has 3 rings (SSSR count). The second-order valence-electron chi connectivity index (χ2n) is 5.08. The average molecular weight is 296 g/mol. The molecule has 0 radical (unpaired) electrons. The summed E-state index contributed by atoms with van der Waals surface area (Å²) in [6.45, 7) is 0.388. The number of imide groups is 1. The Bertz CT molecular complexity index is 669. The topological polar surface area (TPSA) is 59.5 Å². The van der Waals surface area contributed by atoms with Gasteiger partial charge in [-0.3, -0.25) is 9.59 Å². The van der Waals surface area contributed by atoms with Gasteiger partial charge in [0, 0.05) is 18.9 Å². The maximum absolute atomic E-state index is 11.9. The molecule has 1 fully saturated rings. The predicted molar refractivity (Wildman–Crippen MR) is 81.4 cm³/mol. The zero-order chi connectivity index (χ0) is 15.4. The molecule has 5 nitrogen and oxygen atoms in total. The van der Waals surface area contributed by atoms with Crippen LogP contribution in [0, 0.1) is 0 Å². The van der Waals surface area contributed by atoms with Crippen molar-refractivity contribution in [1.82, 2.24) is 4.98 Å². The van der Waals surface area contributed by atoms with Crippen LogP contribution < -0.4 is 9.64 Å². The summed E-state index contributed by atoms with van der Waals surface area (Å²) < 4.78 is 5.63. The van der Waals surface area contributed by atoms with Gasteiger partial charge in [-0.1, -0.05) is 36.4 Å². The Balaban J connectivity index is 1.75. The zero-order valence-electron chi connectivity index (χ0n) is 12.1. The van der Waals surface area contributed by atoms with E-state index in [9.17, 15) is 9.59 Å². The van der Waals surface area contributed by atoms with E-state index >= 15 is 0 Å². The number of hydrogen-bond donors (Lipinski definition) is 0. The zero-order valence-corrected chi connectivity index (χ0v) is 12.1. The van der Waals surface area contributed by atoms with E-state index in [0.29, 0.717) is 37.6 Å². The highest BCUT2D eigenvalue weighted by Crippen LogP contribution is 2.22. The molecule has 1 aromatic heterocycles. The molecule has 0 saturated carbocycles. The van der Waals surface area contributed by atoms with Crippen LogP contribution in [0.15, 0.2) is 48.5 Å². The molecule has 1 saturated heterocycles. The third kappa shape index (κ3) is 3.14. The average Bonchev–Trinajstić information content (AvgIpc) is 2.54.